The van der Waals surface area contributed by atoms with Crippen molar-refractivity contribution in [3.8, 4) is 0 Å². The van der Waals surface area contributed by atoms with Crippen LogP contribution in [0.4, 0.5) is 0 Å². The average molecular weight is 395 g/mol. The third-order valence-corrected chi connectivity index (χ3v) is 6.89. The summed E-state index contributed by atoms with van der Waals surface area (Å²) >= 11 is 0. The third kappa shape index (κ3) is 4.59. The van der Waals surface area contributed by atoms with Crippen LogP contribution in [0.3, 0.4) is 0 Å². The van der Waals surface area contributed by atoms with Crippen molar-refractivity contribution in [2.45, 2.75) is 45.2 Å². The van der Waals surface area contributed by atoms with E-state index in [1.807, 2.05) is 13.0 Å². The Kier molecular flexibility index (Phi) is 6.01. The lowest BCUT2D eigenvalue weighted by atomic mass is 10.1. The predicted octanol–water partition coefficient (Wildman–Crippen LogP) is 1.30. The van der Waals surface area contributed by atoms with Crippen LogP contribution in [0, 0.1) is 0 Å². The van der Waals surface area contributed by atoms with Crippen LogP contribution in [0.5, 0.6) is 0 Å². The molecule has 0 aliphatic carbocycles. The molecule has 1 aromatic heterocycles. The van der Waals surface area contributed by atoms with Crippen molar-refractivity contribution in [1.82, 2.24) is 14.2 Å². The van der Waals surface area contributed by atoms with E-state index in [-0.39, 0.29) is 30.7 Å². The first-order chi connectivity index (χ1) is 12.9. The Morgan fingerprint density at radius 3 is 2.67 bits per heavy atom. The van der Waals surface area contributed by atoms with Gasteiger partial charge in [0.15, 0.2) is 5.58 Å². The van der Waals surface area contributed by atoms with Gasteiger partial charge in [-0.2, -0.15) is 0 Å². The summed E-state index contributed by atoms with van der Waals surface area (Å²) < 4.78 is 32.3. The van der Waals surface area contributed by atoms with Crippen molar-refractivity contribution in [1.29, 1.82) is 0 Å². The van der Waals surface area contributed by atoms with Crippen LogP contribution in [0.1, 0.15) is 32.6 Å². The van der Waals surface area contributed by atoms with Crippen LogP contribution in [0.15, 0.2) is 33.5 Å². The molecule has 1 fully saturated rings. The topological polar surface area (TPSA) is 102 Å². The van der Waals surface area contributed by atoms with Gasteiger partial charge in [-0.3, -0.25) is 9.36 Å². The first-order valence-electron chi connectivity index (χ1n) is 9.26. The highest BCUT2D eigenvalue weighted by Gasteiger charge is 2.27. The Labute approximate surface area is 158 Å². The molecule has 9 heteroatoms. The standard InChI is InChI=1S/C18H25N3O5S/c1-2-13-27(24,25)20-10-7-14(8-11-20)19-17(22)9-12-21-15-5-3-4-6-16(15)26-18(21)23/h3-6,14H,2,7-13H2,1H3,(H,19,22). The van der Waals surface area contributed by atoms with Gasteiger partial charge in [-0.25, -0.2) is 17.5 Å². The molecule has 1 amide bonds. The molecule has 8 nitrogen and oxygen atoms in total. The minimum Gasteiger partial charge on any atom is -0.408 e. The largest absolute Gasteiger partial charge is 0.419 e. The molecule has 0 radical (unpaired) electrons. The zero-order valence-electron chi connectivity index (χ0n) is 15.4. The van der Waals surface area contributed by atoms with Gasteiger partial charge in [0.05, 0.1) is 11.3 Å². The molecule has 0 spiro atoms. The molecule has 1 saturated heterocycles. The predicted molar refractivity (Wildman–Crippen MR) is 102 cm³/mol. The maximum atomic E-state index is 12.2. The van der Waals surface area contributed by atoms with Crippen LogP contribution < -0.4 is 11.1 Å². The van der Waals surface area contributed by atoms with Crippen molar-refractivity contribution < 1.29 is 17.6 Å². The summed E-state index contributed by atoms with van der Waals surface area (Å²) in [5, 5.41) is 2.95. The second-order valence-electron chi connectivity index (χ2n) is 6.79. The van der Waals surface area contributed by atoms with Crippen LogP contribution in [0.25, 0.3) is 11.1 Å². The number of sulfonamides is 1. The highest BCUT2D eigenvalue weighted by Crippen LogP contribution is 2.16. The monoisotopic (exact) mass is 395 g/mol. The molecule has 1 aromatic carbocycles. The number of benzene rings is 1. The number of carbonyl (C=O) groups is 1. The Hall–Kier alpha value is -2.13. The van der Waals surface area contributed by atoms with Crippen LogP contribution in [-0.2, 0) is 21.4 Å². The van der Waals surface area contributed by atoms with Crippen molar-refractivity contribution >= 4 is 27.0 Å². The number of nitrogens with zero attached hydrogens (tertiary/aromatic N) is 2. The van der Waals surface area contributed by atoms with E-state index < -0.39 is 15.8 Å². The van der Waals surface area contributed by atoms with Crippen molar-refractivity contribution in [2.75, 3.05) is 18.8 Å². The third-order valence-electron chi connectivity index (χ3n) is 4.81. The number of aromatic nitrogens is 1. The molecule has 148 valence electrons. The molecular weight excluding hydrogens is 370 g/mol. The van der Waals surface area contributed by atoms with E-state index in [1.165, 1.54) is 8.87 Å². The zero-order chi connectivity index (χ0) is 19.4. The molecule has 1 aliphatic rings. The number of aryl methyl sites for hydroxylation is 1. The van der Waals surface area contributed by atoms with Gasteiger partial charge in [0.1, 0.15) is 0 Å². The summed E-state index contributed by atoms with van der Waals surface area (Å²) in [4.78, 5) is 24.2. The lowest BCUT2D eigenvalue weighted by Gasteiger charge is -2.31. The lowest BCUT2D eigenvalue weighted by molar-refractivity contribution is -0.122. The second-order valence-corrected chi connectivity index (χ2v) is 8.88. The lowest BCUT2D eigenvalue weighted by Crippen LogP contribution is -2.47. The van der Waals surface area contributed by atoms with Crippen LogP contribution >= 0.6 is 0 Å². The molecule has 1 N–H and O–H groups in total. The molecule has 1 aliphatic heterocycles. The quantitative estimate of drug-likeness (QED) is 0.761. The average Bonchev–Trinajstić information content (AvgIpc) is 2.95. The number of hydrogen-bond acceptors (Lipinski definition) is 5. The molecule has 0 atom stereocenters. The highest BCUT2D eigenvalue weighted by molar-refractivity contribution is 7.89. The maximum Gasteiger partial charge on any atom is 0.419 e. The molecule has 0 unspecified atom stereocenters. The van der Waals surface area contributed by atoms with Gasteiger partial charge in [0, 0.05) is 32.1 Å². The fourth-order valence-electron chi connectivity index (χ4n) is 3.40. The number of fused-ring (bicyclic) bond motifs is 1. The van der Waals surface area contributed by atoms with E-state index in [2.05, 4.69) is 5.32 Å². The molecule has 2 aromatic rings. The number of amides is 1. The van der Waals surface area contributed by atoms with E-state index in [4.69, 9.17) is 4.42 Å². The van der Waals surface area contributed by atoms with E-state index in [0.717, 1.165) is 0 Å². The number of piperidine rings is 1. The van der Waals surface area contributed by atoms with E-state index >= 15 is 0 Å². The van der Waals surface area contributed by atoms with Crippen molar-refractivity contribution in [3.05, 3.63) is 34.8 Å². The van der Waals surface area contributed by atoms with Gasteiger partial charge >= 0.3 is 5.76 Å². The van der Waals surface area contributed by atoms with Crippen molar-refractivity contribution in [2.24, 2.45) is 0 Å². The first kappa shape index (κ1) is 19.6. The normalized spacial score (nSPS) is 16.6. The number of oxazole rings is 1. The molecule has 0 saturated carbocycles. The van der Waals surface area contributed by atoms with E-state index in [1.54, 1.807) is 18.2 Å². The number of carbonyl (C=O) groups excluding carboxylic acids is 1. The number of para-hydroxylation sites is 2. The van der Waals surface area contributed by atoms with Gasteiger partial charge in [-0.15, -0.1) is 0 Å². The molecule has 2 heterocycles. The van der Waals surface area contributed by atoms with Gasteiger partial charge in [-0.05, 0) is 31.4 Å². The summed E-state index contributed by atoms with van der Waals surface area (Å²) in [6.07, 6.45) is 1.96. The zero-order valence-corrected chi connectivity index (χ0v) is 16.2. The fraction of sp³-hybridized carbons (Fsp3) is 0.556. The number of nitrogens with one attached hydrogen (secondary N) is 1. The summed E-state index contributed by atoms with van der Waals surface area (Å²) in [6.45, 7) is 2.95. The summed E-state index contributed by atoms with van der Waals surface area (Å²) in [5.74, 6) is -0.460. The van der Waals surface area contributed by atoms with Crippen molar-refractivity contribution in [3.63, 3.8) is 0 Å². The Morgan fingerprint density at radius 1 is 1.26 bits per heavy atom. The summed E-state index contributed by atoms with van der Waals surface area (Å²) in [5.41, 5.74) is 1.17. The Balaban J connectivity index is 1.51. The van der Waals surface area contributed by atoms with Gasteiger partial charge in [0.25, 0.3) is 0 Å². The minimum absolute atomic E-state index is 0.0385. The van der Waals surface area contributed by atoms with Gasteiger partial charge in [0.2, 0.25) is 15.9 Å². The van der Waals surface area contributed by atoms with E-state index in [0.29, 0.717) is 43.5 Å². The smallest absolute Gasteiger partial charge is 0.408 e. The molecule has 27 heavy (non-hydrogen) atoms. The Bertz CT molecular complexity index is 955. The number of hydrogen-bond donors (Lipinski definition) is 1. The summed E-state index contributed by atoms with van der Waals surface area (Å²) in [6, 6.07) is 7.06. The highest BCUT2D eigenvalue weighted by atomic mass is 32.2. The van der Waals surface area contributed by atoms with Crippen LogP contribution in [0.2, 0.25) is 0 Å². The second kappa shape index (κ2) is 8.26. The summed E-state index contributed by atoms with van der Waals surface area (Å²) in [7, 11) is -3.18. The van der Waals surface area contributed by atoms with E-state index in [9.17, 15) is 18.0 Å². The SMILES string of the molecule is CCCS(=O)(=O)N1CCC(NC(=O)CCn2c(=O)oc3ccccc32)CC1. The Morgan fingerprint density at radius 2 is 1.96 bits per heavy atom. The molecule has 3 rings (SSSR count). The number of rotatable bonds is 7. The van der Waals surface area contributed by atoms with Gasteiger partial charge < -0.3 is 9.73 Å². The maximum absolute atomic E-state index is 12.2. The first-order valence-corrected chi connectivity index (χ1v) is 10.9. The van der Waals surface area contributed by atoms with Crippen LogP contribution in [-0.4, -0.2) is 48.1 Å². The molecular formula is C18H25N3O5S. The molecule has 0 bridgehead atoms. The minimum atomic E-state index is -3.18. The fourth-order valence-corrected chi connectivity index (χ4v) is 4.95. The van der Waals surface area contributed by atoms with Gasteiger partial charge in [-0.1, -0.05) is 19.1 Å².